The number of carbonyl (C=O) groups excluding carboxylic acids is 1. The molecule has 0 amide bonds. The highest BCUT2D eigenvalue weighted by atomic mass is 16.5. The molecule has 0 aliphatic heterocycles. The molecule has 0 spiro atoms. The lowest BCUT2D eigenvalue weighted by Crippen LogP contribution is -2.09. The number of fused-ring (bicyclic) bond motifs is 1. The summed E-state index contributed by atoms with van der Waals surface area (Å²) >= 11 is 0. The first kappa shape index (κ1) is 21.6. The summed E-state index contributed by atoms with van der Waals surface area (Å²) in [5.41, 5.74) is 3.32. The van der Waals surface area contributed by atoms with E-state index in [0.717, 1.165) is 41.9 Å². The predicted octanol–water partition coefficient (Wildman–Crippen LogP) is 5.43. The molecule has 0 saturated heterocycles. The predicted molar refractivity (Wildman–Crippen MR) is 118 cm³/mol. The normalized spacial score (nSPS) is 11.0. The van der Waals surface area contributed by atoms with Crippen molar-refractivity contribution in [2.75, 3.05) is 0 Å². The molecular weight excluding hydrogens is 378 g/mol. The monoisotopic (exact) mass is 407 g/mol. The number of benzene rings is 2. The second-order valence-corrected chi connectivity index (χ2v) is 7.47. The van der Waals surface area contributed by atoms with Crippen LogP contribution in [0.1, 0.15) is 56.6 Å². The molecule has 6 heteroatoms. The average Bonchev–Trinajstić information content (AvgIpc) is 3.18. The van der Waals surface area contributed by atoms with Crippen LogP contribution in [0.3, 0.4) is 0 Å². The average molecular weight is 408 g/mol. The molecule has 0 radical (unpaired) electrons. The number of aromatic hydroxyl groups is 1. The molecule has 30 heavy (non-hydrogen) atoms. The molecule has 3 rings (SSSR count). The zero-order valence-corrected chi connectivity index (χ0v) is 17.7. The summed E-state index contributed by atoms with van der Waals surface area (Å²) in [7, 11) is 0. The summed E-state index contributed by atoms with van der Waals surface area (Å²) in [5.74, 6) is -0.0244. The minimum atomic E-state index is -0.533. The van der Waals surface area contributed by atoms with Crippen LogP contribution in [-0.4, -0.2) is 26.1 Å². The Bertz CT molecular complexity index is 1010. The van der Waals surface area contributed by atoms with Crippen molar-refractivity contribution < 1.29 is 14.6 Å². The van der Waals surface area contributed by atoms with Gasteiger partial charge in [-0.2, -0.15) is 0 Å². The van der Waals surface area contributed by atoms with Gasteiger partial charge in [-0.15, -0.1) is 15.0 Å². The van der Waals surface area contributed by atoms with Crippen molar-refractivity contribution in [1.29, 1.82) is 0 Å². The molecule has 158 valence electrons. The van der Waals surface area contributed by atoms with Crippen molar-refractivity contribution in [3.05, 3.63) is 54.1 Å². The van der Waals surface area contributed by atoms with Crippen LogP contribution < -0.4 is 4.74 Å². The number of ether oxygens (including phenoxy) is 1. The molecule has 6 nitrogen and oxygen atoms in total. The van der Waals surface area contributed by atoms with Gasteiger partial charge in [0.15, 0.2) is 0 Å². The van der Waals surface area contributed by atoms with Gasteiger partial charge < -0.3 is 9.84 Å². The largest absolute Gasteiger partial charge is 0.505 e. The number of phenolic OH excluding ortho intramolecular Hbond substituents is 1. The fourth-order valence-electron chi connectivity index (χ4n) is 3.55. The lowest BCUT2D eigenvalue weighted by atomic mass is 9.98. The van der Waals surface area contributed by atoms with E-state index in [-0.39, 0.29) is 5.75 Å². The summed E-state index contributed by atoms with van der Waals surface area (Å²) in [6, 6.07) is 9.11. The van der Waals surface area contributed by atoms with E-state index in [2.05, 4.69) is 23.7 Å². The van der Waals surface area contributed by atoms with Gasteiger partial charge in [0, 0.05) is 17.7 Å². The first-order chi connectivity index (χ1) is 14.5. The minimum Gasteiger partial charge on any atom is -0.505 e. The van der Waals surface area contributed by atoms with Crippen LogP contribution in [0.15, 0.2) is 43.0 Å². The lowest BCUT2D eigenvalue weighted by Gasteiger charge is -2.16. The van der Waals surface area contributed by atoms with Crippen molar-refractivity contribution >= 4 is 17.0 Å². The molecule has 0 aliphatic rings. The van der Waals surface area contributed by atoms with Gasteiger partial charge in [0.1, 0.15) is 28.2 Å². The van der Waals surface area contributed by atoms with Gasteiger partial charge in [0.25, 0.3) is 0 Å². The van der Waals surface area contributed by atoms with Gasteiger partial charge >= 0.3 is 5.97 Å². The molecule has 1 aromatic heterocycles. The summed E-state index contributed by atoms with van der Waals surface area (Å²) in [4.78, 5) is 13.3. The fourth-order valence-corrected chi connectivity index (χ4v) is 3.55. The summed E-state index contributed by atoms with van der Waals surface area (Å²) in [6.07, 6.45) is 8.80. The van der Waals surface area contributed by atoms with E-state index in [9.17, 15) is 9.90 Å². The second kappa shape index (κ2) is 10.1. The van der Waals surface area contributed by atoms with E-state index >= 15 is 0 Å². The third kappa shape index (κ3) is 4.87. The van der Waals surface area contributed by atoms with Crippen molar-refractivity contribution in [1.82, 2.24) is 15.0 Å². The Balaban J connectivity index is 1.93. The number of esters is 1. The summed E-state index contributed by atoms with van der Waals surface area (Å²) < 4.78 is 5.53. The highest BCUT2D eigenvalue weighted by Gasteiger charge is 2.20. The number of hydrogen-bond donors (Lipinski definition) is 1. The Kier molecular flexibility index (Phi) is 7.22. The number of rotatable bonds is 10. The maximum absolute atomic E-state index is 11.9. The fraction of sp³-hybridized carbons (Fsp3) is 0.375. The van der Waals surface area contributed by atoms with Crippen LogP contribution in [0.25, 0.3) is 16.7 Å². The third-order valence-corrected chi connectivity index (χ3v) is 5.28. The molecule has 0 bridgehead atoms. The van der Waals surface area contributed by atoms with E-state index < -0.39 is 5.97 Å². The maximum Gasteiger partial charge on any atom is 0.335 e. The highest BCUT2D eigenvalue weighted by Crippen LogP contribution is 2.36. The first-order valence-electron chi connectivity index (χ1n) is 10.6. The van der Waals surface area contributed by atoms with Gasteiger partial charge in [0.2, 0.25) is 0 Å². The van der Waals surface area contributed by atoms with E-state index in [4.69, 9.17) is 4.74 Å². The van der Waals surface area contributed by atoms with Gasteiger partial charge in [-0.25, -0.2) is 4.79 Å². The number of unbranched alkanes of at least 4 members (excludes halogenated alkanes) is 5. The molecule has 0 atom stereocenters. The molecule has 2 aromatic carbocycles. The number of nitrogens with zero attached hydrogens (tertiary/aromatic N) is 3. The van der Waals surface area contributed by atoms with Gasteiger partial charge in [-0.3, -0.25) is 0 Å². The molecule has 0 fully saturated rings. The van der Waals surface area contributed by atoms with Crippen molar-refractivity contribution in [2.45, 2.75) is 58.8 Å². The van der Waals surface area contributed by atoms with Crippen molar-refractivity contribution in [2.24, 2.45) is 0 Å². The van der Waals surface area contributed by atoms with Crippen LogP contribution in [0.4, 0.5) is 0 Å². The molecule has 0 unspecified atom stereocenters. The van der Waals surface area contributed by atoms with Crippen LogP contribution in [0.5, 0.6) is 11.5 Å². The number of aromatic nitrogens is 3. The number of hydrogen-bond acceptors (Lipinski definition) is 5. The SMILES string of the molecule is C=CC(=O)Oc1cc(-n2nc3ccccc3n2)c(O)c(C)c1CCCCCCCC. The number of carbonyl (C=O) groups is 1. The molecule has 3 aromatic rings. The molecule has 0 saturated carbocycles. The standard InChI is InChI=1S/C24H29N3O3/c1-4-6-7-8-9-10-13-18-17(3)24(29)21(16-22(18)30-23(28)5-2)27-25-19-14-11-12-15-20(19)26-27/h5,11-12,14-16,29H,2,4,6-10,13H2,1,3H3. The van der Waals surface area contributed by atoms with E-state index in [0.29, 0.717) is 17.0 Å². The minimum absolute atomic E-state index is 0.0923. The van der Waals surface area contributed by atoms with Gasteiger partial charge in [-0.05, 0) is 37.5 Å². The first-order valence-corrected chi connectivity index (χ1v) is 10.6. The zero-order valence-electron chi connectivity index (χ0n) is 17.7. The maximum atomic E-state index is 11.9. The van der Waals surface area contributed by atoms with E-state index in [1.165, 1.54) is 30.5 Å². The Morgan fingerprint density at radius 2 is 1.77 bits per heavy atom. The highest BCUT2D eigenvalue weighted by molar-refractivity contribution is 5.84. The Morgan fingerprint density at radius 1 is 1.13 bits per heavy atom. The number of phenols is 1. The Hall–Kier alpha value is -3.15. The third-order valence-electron chi connectivity index (χ3n) is 5.28. The molecular formula is C24H29N3O3. The van der Waals surface area contributed by atoms with Crippen LogP contribution >= 0.6 is 0 Å². The molecule has 1 N–H and O–H groups in total. The summed E-state index contributed by atoms with van der Waals surface area (Å²) in [6.45, 7) is 7.52. The topological polar surface area (TPSA) is 77.2 Å². The zero-order chi connectivity index (χ0) is 21.5. The van der Waals surface area contributed by atoms with Gasteiger partial charge in [0.05, 0.1) is 0 Å². The second-order valence-electron chi connectivity index (χ2n) is 7.47. The Morgan fingerprint density at radius 3 is 2.40 bits per heavy atom. The summed E-state index contributed by atoms with van der Waals surface area (Å²) in [5, 5.41) is 19.8. The van der Waals surface area contributed by atoms with Gasteiger partial charge in [-0.1, -0.05) is 57.7 Å². The molecule has 1 heterocycles. The smallest absolute Gasteiger partial charge is 0.335 e. The quantitative estimate of drug-likeness (QED) is 0.210. The Labute approximate surface area is 177 Å². The lowest BCUT2D eigenvalue weighted by molar-refractivity contribution is -0.129. The molecule has 0 aliphatic carbocycles. The van der Waals surface area contributed by atoms with Crippen molar-refractivity contribution in [3.8, 4) is 17.2 Å². The van der Waals surface area contributed by atoms with Crippen molar-refractivity contribution in [3.63, 3.8) is 0 Å². The van der Waals surface area contributed by atoms with Crippen LogP contribution in [-0.2, 0) is 11.2 Å². The van der Waals surface area contributed by atoms with E-state index in [1.807, 2.05) is 31.2 Å². The van der Waals surface area contributed by atoms with E-state index in [1.54, 1.807) is 6.07 Å². The van der Waals surface area contributed by atoms with Crippen LogP contribution in [0, 0.1) is 6.92 Å². The van der Waals surface area contributed by atoms with Crippen LogP contribution in [0.2, 0.25) is 0 Å².